The minimum Gasteiger partial charge on any atom is 1.00 e. The van der Waals surface area contributed by atoms with Gasteiger partial charge in [0.15, 0.2) is 0 Å². The third kappa shape index (κ3) is 12.4. The molecule has 0 bridgehead atoms. The van der Waals surface area contributed by atoms with Gasteiger partial charge in [-0.15, -0.1) is 0 Å². The van der Waals surface area contributed by atoms with Crippen LogP contribution in [0.25, 0.3) is 0 Å². The molecule has 0 spiro atoms. The first kappa shape index (κ1) is 22.4. The van der Waals surface area contributed by atoms with Crippen LogP contribution in [0.1, 0.15) is 26.7 Å². The van der Waals surface area contributed by atoms with Crippen LogP contribution in [0.2, 0.25) is 0 Å². The molecule has 8 heteroatoms. The Hall–Kier alpha value is 2.20. The number of hydrogen-bond acceptors (Lipinski definition) is 1. The van der Waals surface area contributed by atoms with Crippen molar-refractivity contribution in [3.05, 3.63) is 6.42 Å². The SMILES string of the molecule is CC[CH-]C1(C)CC(=O)N1.[Cl][Pd-]([Cl])[Cl].[Li+].[Li+]. The molecule has 1 aliphatic rings. The van der Waals surface area contributed by atoms with Crippen LogP contribution in [0, 0.1) is 6.42 Å². The Morgan fingerprint density at radius 1 is 1.47 bits per heavy atom. The molecule has 1 heterocycles. The van der Waals surface area contributed by atoms with Crippen LogP contribution in [0.3, 0.4) is 0 Å². The van der Waals surface area contributed by atoms with Crippen LogP contribution in [-0.2, 0) is 18.5 Å². The molecule has 2 nitrogen and oxygen atoms in total. The van der Waals surface area contributed by atoms with Crippen LogP contribution in [0.15, 0.2) is 0 Å². The normalized spacial score (nSPS) is 23.0. The summed E-state index contributed by atoms with van der Waals surface area (Å²) in [5.41, 5.74) is 0.0197. The summed E-state index contributed by atoms with van der Waals surface area (Å²) >= 11 is -1.57. The first-order chi connectivity index (χ1) is 5.89. The molecule has 1 fully saturated rings. The fourth-order valence-electron chi connectivity index (χ4n) is 1.21. The quantitative estimate of drug-likeness (QED) is 0.319. The van der Waals surface area contributed by atoms with Crippen LogP contribution < -0.4 is 43.0 Å². The van der Waals surface area contributed by atoms with Crippen molar-refractivity contribution in [3.8, 4) is 0 Å². The van der Waals surface area contributed by atoms with Crippen molar-refractivity contribution in [2.45, 2.75) is 32.2 Å². The van der Waals surface area contributed by atoms with E-state index in [1.54, 1.807) is 0 Å². The Balaban J connectivity index is -0.000000213. The summed E-state index contributed by atoms with van der Waals surface area (Å²) in [6.07, 6.45) is 3.83. The molecule has 1 unspecified atom stereocenters. The van der Waals surface area contributed by atoms with E-state index in [0.29, 0.717) is 6.42 Å². The number of halogens is 3. The van der Waals surface area contributed by atoms with Gasteiger partial charge in [0.1, 0.15) is 0 Å². The topological polar surface area (TPSA) is 29.1 Å². The summed E-state index contributed by atoms with van der Waals surface area (Å²) < 4.78 is 0. The Kier molecular flexibility index (Phi) is 16.9. The van der Waals surface area contributed by atoms with E-state index in [1.165, 1.54) is 0 Å². The minimum absolute atomic E-state index is 0. The van der Waals surface area contributed by atoms with E-state index in [0.717, 1.165) is 6.42 Å². The first-order valence-electron chi connectivity index (χ1n) is 3.67. The van der Waals surface area contributed by atoms with E-state index in [4.69, 9.17) is 28.6 Å². The average molecular weight is 353 g/mol. The number of rotatable bonds is 2. The van der Waals surface area contributed by atoms with Crippen molar-refractivity contribution < 1.29 is 56.2 Å². The molecule has 1 rings (SSSR count). The van der Waals surface area contributed by atoms with Crippen LogP contribution in [0.4, 0.5) is 0 Å². The molecule has 0 radical (unpaired) electrons. The Bertz CT molecular complexity index is 175. The Labute approximate surface area is 133 Å². The third-order valence-electron chi connectivity index (χ3n) is 1.61. The van der Waals surface area contributed by atoms with Gasteiger partial charge < -0.3 is 11.7 Å². The number of carbonyl (C=O) groups is 1. The van der Waals surface area contributed by atoms with Gasteiger partial charge >= 0.3 is 80.0 Å². The zero-order valence-corrected chi connectivity index (χ0v) is 13.2. The summed E-state index contributed by atoms with van der Waals surface area (Å²) in [6, 6.07) is 0. The predicted molar refractivity (Wildman–Crippen MR) is 53.3 cm³/mol. The molecule has 0 aromatic rings. The van der Waals surface area contributed by atoms with Gasteiger partial charge in [0.05, 0.1) is 0 Å². The fraction of sp³-hybridized carbons (Fsp3) is 0.714. The largest absolute Gasteiger partial charge is 1.00 e. The molecule has 1 saturated heterocycles. The fourth-order valence-corrected chi connectivity index (χ4v) is 1.21. The van der Waals surface area contributed by atoms with Crippen molar-refractivity contribution in [3.63, 3.8) is 0 Å². The van der Waals surface area contributed by atoms with E-state index in [2.05, 4.69) is 18.7 Å². The smallest absolute Gasteiger partial charge is 1.00 e. The number of hydrogen-bond donors (Lipinski definition) is 1. The monoisotopic (exact) mass is 351 g/mol. The summed E-state index contributed by atoms with van der Waals surface area (Å²) in [4.78, 5) is 10.5. The summed E-state index contributed by atoms with van der Waals surface area (Å²) in [5.74, 6) is 0.169. The summed E-state index contributed by atoms with van der Waals surface area (Å²) in [5, 5.41) is 2.83. The van der Waals surface area contributed by atoms with Gasteiger partial charge in [-0.3, -0.25) is 4.79 Å². The second kappa shape index (κ2) is 11.3. The van der Waals surface area contributed by atoms with Gasteiger partial charge in [0, 0.05) is 6.42 Å². The van der Waals surface area contributed by atoms with Crippen LogP contribution >= 0.6 is 28.6 Å². The Morgan fingerprint density at radius 2 is 1.80 bits per heavy atom. The second-order valence-electron chi connectivity index (χ2n) is 2.89. The summed E-state index contributed by atoms with van der Waals surface area (Å²) in [7, 11) is 14.8. The second-order valence-corrected chi connectivity index (χ2v) is 9.97. The molecule has 84 valence electrons. The minimum atomic E-state index is -1.57. The van der Waals surface area contributed by atoms with Gasteiger partial charge in [-0.1, -0.05) is 19.4 Å². The molecule has 0 saturated carbocycles. The van der Waals surface area contributed by atoms with E-state index < -0.39 is 13.7 Å². The van der Waals surface area contributed by atoms with E-state index in [1.807, 2.05) is 6.92 Å². The van der Waals surface area contributed by atoms with Crippen molar-refractivity contribution in [2.75, 3.05) is 0 Å². The number of amides is 1. The van der Waals surface area contributed by atoms with Gasteiger partial charge in [0.25, 0.3) is 0 Å². The zero-order valence-electron chi connectivity index (χ0n) is 9.35. The van der Waals surface area contributed by atoms with Gasteiger partial charge in [-0.2, -0.15) is 6.42 Å². The average Bonchev–Trinajstić information content (AvgIpc) is 1.82. The standard InChI is InChI=1S/C7H12NO.3ClH.2Li.Pd/c1-3-4-7(2)5-6(9)8-7;;;;;;/h4H,3,5H2,1-2H3,(H,8,9);3*1H;;;/q-1;;;;2*+1;+2/p-3. The predicted octanol–water partition coefficient (Wildman–Crippen LogP) is -3.05. The molecule has 1 N–H and O–H groups in total. The molecule has 0 aromatic carbocycles. The molecule has 1 atom stereocenters. The molecule has 0 aromatic heterocycles. The molecule has 15 heavy (non-hydrogen) atoms. The van der Waals surface area contributed by atoms with E-state index >= 15 is 0 Å². The number of β-lactam (4-membered cyclic amide) rings is 1. The molecule has 0 aliphatic carbocycles. The molecule has 1 aliphatic heterocycles. The van der Waals surface area contributed by atoms with Crippen molar-refractivity contribution in [1.82, 2.24) is 5.32 Å². The maximum atomic E-state index is 10.5. The van der Waals surface area contributed by atoms with Crippen molar-refractivity contribution >= 4 is 34.5 Å². The van der Waals surface area contributed by atoms with Gasteiger partial charge in [-0.25, -0.2) is 0 Å². The summed E-state index contributed by atoms with van der Waals surface area (Å²) in [6.45, 7) is 4.12. The Morgan fingerprint density at radius 3 is 2.00 bits per heavy atom. The zero-order chi connectivity index (χ0) is 10.5. The first-order valence-corrected chi connectivity index (χ1v) is 9.68. The molecule has 1 amide bonds. The maximum Gasteiger partial charge on any atom is 1.00 e. The molecular weight excluding hydrogens is 341 g/mol. The van der Waals surface area contributed by atoms with Crippen molar-refractivity contribution in [1.29, 1.82) is 0 Å². The van der Waals surface area contributed by atoms with E-state index in [-0.39, 0.29) is 49.2 Å². The maximum absolute atomic E-state index is 10.5. The van der Waals surface area contributed by atoms with E-state index in [9.17, 15) is 4.79 Å². The van der Waals surface area contributed by atoms with Crippen LogP contribution in [0.5, 0.6) is 0 Å². The van der Waals surface area contributed by atoms with Crippen molar-refractivity contribution in [2.24, 2.45) is 0 Å². The van der Waals surface area contributed by atoms with Gasteiger partial charge in [0.2, 0.25) is 5.91 Å². The number of carbonyl (C=O) groups excluding carboxylic acids is 1. The number of nitrogens with one attached hydrogen (secondary N) is 1. The molecular formula is C7H12Cl3Li2NOPd. The van der Waals surface area contributed by atoms with Crippen LogP contribution in [-0.4, -0.2) is 11.4 Å². The third-order valence-corrected chi connectivity index (χ3v) is 1.61. The van der Waals surface area contributed by atoms with Gasteiger partial charge in [-0.05, 0) is 0 Å².